The van der Waals surface area contributed by atoms with E-state index in [1.165, 1.54) is 12.8 Å². The zero-order chi connectivity index (χ0) is 9.26. The molecule has 1 heterocycles. The molecule has 0 aliphatic heterocycles. The molecule has 70 valence electrons. The van der Waals surface area contributed by atoms with Crippen LogP contribution in [0.25, 0.3) is 0 Å². The van der Waals surface area contributed by atoms with Crippen molar-refractivity contribution in [3.8, 4) is 0 Å². The second-order valence-electron chi connectivity index (χ2n) is 3.67. The van der Waals surface area contributed by atoms with Gasteiger partial charge in [0.25, 0.3) is 0 Å². The summed E-state index contributed by atoms with van der Waals surface area (Å²) in [4.78, 5) is 4.35. The quantitative estimate of drug-likeness (QED) is 0.826. The molecule has 0 unspecified atom stereocenters. The number of rotatable bonds is 3. The summed E-state index contributed by atoms with van der Waals surface area (Å²) in [7, 11) is 0. The predicted molar refractivity (Wildman–Crippen MR) is 56.2 cm³/mol. The Labute approximate surface area is 86.7 Å². The highest BCUT2D eigenvalue weighted by Crippen LogP contribution is 2.36. The van der Waals surface area contributed by atoms with Gasteiger partial charge in [-0.25, -0.2) is 4.98 Å². The van der Waals surface area contributed by atoms with Crippen LogP contribution in [0.5, 0.6) is 0 Å². The van der Waals surface area contributed by atoms with Gasteiger partial charge in [-0.15, -0.1) is 0 Å². The first kappa shape index (κ1) is 9.16. The van der Waals surface area contributed by atoms with Gasteiger partial charge in [0.2, 0.25) is 0 Å². The summed E-state index contributed by atoms with van der Waals surface area (Å²) in [5.74, 6) is 0.857. The van der Waals surface area contributed by atoms with Gasteiger partial charge in [-0.2, -0.15) is 0 Å². The van der Waals surface area contributed by atoms with Gasteiger partial charge >= 0.3 is 0 Å². The second-order valence-corrected chi connectivity index (χ2v) is 4.48. The van der Waals surface area contributed by atoms with Crippen LogP contribution in [-0.2, 0) is 0 Å². The lowest BCUT2D eigenvalue weighted by Crippen LogP contribution is -2.12. The normalized spacial score (nSPS) is 18.6. The van der Waals surface area contributed by atoms with E-state index in [0.717, 1.165) is 22.6 Å². The minimum Gasteiger partial charge on any atom is -0.323 e. The SMILES string of the molecule is N[C@H](CC1CC1)c1cccc(Br)n1. The van der Waals surface area contributed by atoms with Crippen molar-refractivity contribution in [2.24, 2.45) is 11.7 Å². The number of aromatic nitrogens is 1. The Balaban J connectivity index is 2.04. The van der Waals surface area contributed by atoms with Crippen LogP contribution >= 0.6 is 15.9 Å². The Hall–Kier alpha value is -0.410. The van der Waals surface area contributed by atoms with Gasteiger partial charge in [0.1, 0.15) is 4.60 Å². The predicted octanol–water partition coefficient (Wildman–Crippen LogP) is 2.64. The maximum atomic E-state index is 6.02. The maximum Gasteiger partial charge on any atom is 0.106 e. The molecule has 2 nitrogen and oxygen atoms in total. The summed E-state index contributed by atoms with van der Waals surface area (Å²) in [6, 6.07) is 6.02. The third-order valence-corrected chi connectivity index (χ3v) is 2.84. The van der Waals surface area contributed by atoms with Crippen molar-refractivity contribution in [2.75, 3.05) is 0 Å². The first-order valence-corrected chi connectivity index (χ1v) is 5.43. The number of pyridine rings is 1. The van der Waals surface area contributed by atoms with Crippen LogP contribution in [0.15, 0.2) is 22.8 Å². The molecule has 1 aromatic rings. The van der Waals surface area contributed by atoms with Crippen LogP contribution in [0.3, 0.4) is 0 Å². The lowest BCUT2D eigenvalue weighted by atomic mass is 10.1. The van der Waals surface area contributed by atoms with Crippen molar-refractivity contribution in [1.82, 2.24) is 4.98 Å². The highest BCUT2D eigenvalue weighted by molar-refractivity contribution is 9.10. The molecule has 2 rings (SSSR count). The first-order chi connectivity index (χ1) is 6.25. The van der Waals surface area contributed by atoms with Gasteiger partial charge in [-0.05, 0) is 40.4 Å². The Morgan fingerprint density at radius 1 is 1.54 bits per heavy atom. The van der Waals surface area contributed by atoms with E-state index in [-0.39, 0.29) is 6.04 Å². The van der Waals surface area contributed by atoms with Crippen LogP contribution in [0, 0.1) is 5.92 Å². The fraction of sp³-hybridized carbons (Fsp3) is 0.500. The maximum absolute atomic E-state index is 6.02. The number of hydrogen-bond acceptors (Lipinski definition) is 2. The lowest BCUT2D eigenvalue weighted by molar-refractivity contribution is 0.582. The number of nitrogens with two attached hydrogens (primary N) is 1. The third-order valence-electron chi connectivity index (χ3n) is 2.40. The summed E-state index contributed by atoms with van der Waals surface area (Å²) < 4.78 is 0.872. The Bertz CT molecular complexity index is 297. The number of nitrogens with zero attached hydrogens (tertiary/aromatic N) is 1. The summed E-state index contributed by atoms with van der Waals surface area (Å²) >= 11 is 3.35. The van der Waals surface area contributed by atoms with E-state index in [9.17, 15) is 0 Å². The Morgan fingerprint density at radius 3 is 2.92 bits per heavy atom. The van der Waals surface area contributed by atoms with Crippen LogP contribution in [0.4, 0.5) is 0 Å². The molecule has 1 aromatic heterocycles. The zero-order valence-corrected chi connectivity index (χ0v) is 9.00. The van der Waals surface area contributed by atoms with E-state index in [0.29, 0.717) is 0 Å². The molecule has 1 aliphatic rings. The molecule has 0 amide bonds. The van der Waals surface area contributed by atoms with Crippen molar-refractivity contribution in [3.05, 3.63) is 28.5 Å². The van der Waals surface area contributed by atoms with E-state index in [2.05, 4.69) is 20.9 Å². The van der Waals surface area contributed by atoms with Gasteiger partial charge < -0.3 is 5.73 Å². The van der Waals surface area contributed by atoms with Crippen LogP contribution in [-0.4, -0.2) is 4.98 Å². The Kier molecular flexibility index (Phi) is 2.65. The average molecular weight is 241 g/mol. The van der Waals surface area contributed by atoms with Crippen molar-refractivity contribution in [3.63, 3.8) is 0 Å². The van der Waals surface area contributed by atoms with E-state index in [1.54, 1.807) is 0 Å². The molecule has 1 aliphatic carbocycles. The van der Waals surface area contributed by atoms with Gasteiger partial charge in [0.05, 0.1) is 5.69 Å². The van der Waals surface area contributed by atoms with Crippen LogP contribution in [0.2, 0.25) is 0 Å². The summed E-state index contributed by atoms with van der Waals surface area (Å²) in [6.07, 6.45) is 3.78. The van der Waals surface area contributed by atoms with Crippen molar-refractivity contribution in [2.45, 2.75) is 25.3 Å². The fourth-order valence-corrected chi connectivity index (χ4v) is 1.82. The van der Waals surface area contributed by atoms with Gasteiger partial charge in [0, 0.05) is 6.04 Å². The number of hydrogen-bond donors (Lipinski definition) is 1. The highest BCUT2D eigenvalue weighted by Gasteiger charge is 2.24. The van der Waals surface area contributed by atoms with Gasteiger partial charge in [-0.3, -0.25) is 0 Å². The third kappa shape index (κ3) is 2.51. The molecule has 3 heteroatoms. The van der Waals surface area contributed by atoms with Gasteiger partial charge in [-0.1, -0.05) is 18.9 Å². The lowest BCUT2D eigenvalue weighted by Gasteiger charge is -2.09. The molecular weight excluding hydrogens is 228 g/mol. The second kappa shape index (κ2) is 3.76. The molecule has 0 radical (unpaired) electrons. The summed E-state index contributed by atoms with van der Waals surface area (Å²) in [6.45, 7) is 0. The number of halogens is 1. The average Bonchev–Trinajstić information content (AvgIpc) is 2.88. The molecule has 0 aromatic carbocycles. The topological polar surface area (TPSA) is 38.9 Å². The molecular formula is C10H13BrN2. The minimum atomic E-state index is 0.116. The standard InChI is InChI=1S/C10H13BrN2/c11-10-3-1-2-9(13-10)8(12)6-7-4-5-7/h1-3,7-8H,4-6,12H2/t8-/m1/s1. The molecule has 13 heavy (non-hydrogen) atoms. The van der Waals surface area contributed by atoms with Crippen molar-refractivity contribution < 1.29 is 0 Å². The van der Waals surface area contributed by atoms with Crippen molar-refractivity contribution in [1.29, 1.82) is 0 Å². The van der Waals surface area contributed by atoms with Crippen LogP contribution in [0.1, 0.15) is 31.0 Å². The highest BCUT2D eigenvalue weighted by atomic mass is 79.9. The zero-order valence-electron chi connectivity index (χ0n) is 7.41. The van der Waals surface area contributed by atoms with Gasteiger partial charge in [0.15, 0.2) is 0 Å². The van der Waals surface area contributed by atoms with E-state index < -0.39 is 0 Å². The summed E-state index contributed by atoms with van der Waals surface area (Å²) in [5, 5.41) is 0. The molecule has 0 saturated heterocycles. The summed E-state index contributed by atoms with van der Waals surface area (Å²) in [5.41, 5.74) is 7.02. The molecule has 1 atom stereocenters. The molecule has 0 spiro atoms. The molecule has 2 N–H and O–H groups in total. The Morgan fingerprint density at radius 2 is 2.31 bits per heavy atom. The largest absolute Gasteiger partial charge is 0.323 e. The van der Waals surface area contributed by atoms with E-state index in [1.807, 2.05) is 18.2 Å². The molecule has 1 saturated carbocycles. The molecule has 0 bridgehead atoms. The first-order valence-electron chi connectivity index (χ1n) is 4.64. The molecule has 1 fully saturated rings. The van der Waals surface area contributed by atoms with E-state index in [4.69, 9.17) is 5.73 Å². The minimum absolute atomic E-state index is 0.116. The van der Waals surface area contributed by atoms with Crippen molar-refractivity contribution >= 4 is 15.9 Å². The van der Waals surface area contributed by atoms with Crippen LogP contribution < -0.4 is 5.73 Å². The fourth-order valence-electron chi connectivity index (χ4n) is 1.46. The monoisotopic (exact) mass is 240 g/mol. The smallest absolute Gasteiger partial charge is 0.106 e. The van der Waals surface area contributed by atoms with E-state index >= 15 is 0 Å².